The van der Waals surface area contributed by atoms with E-state index in [4.69, 9.17) is 0 Å². The van der Waals surface area contributed by atoms with Gasteiger partial charge in [0.05, 0.1) is 16.9 Å². The first kappa shape index (κ1) is 15.4. The fourth-order valence-corrected chi connectivity index (χ4v) is 9.05. The monoisotopic (exact) mass is 374 g/mol. The molecule has 2 aliphatic rings. The molecule has 0 unspecified atom stereocenters. The van der Waals surface area contributed by atoms with Crippen LogP contribution in [-0.2, 0) is 0 Å². The average molecular weight is 375 g/mol. The molecule has 17 heavy (non-hydrogen) atoms. The van der Waals surface area contributed by atoms with Crippen LogP contribution in [0.4, 0.5) is 0 Å². The summed E-state index contributed by atoms with van der Waals surface area (Å²) in [7, 11) is 0. The number of thioether (sulfide) groups is 5. The van der Waals surface area contributed by atoms with Crippen LogP contribution in [0.2, 0.25) is 0 Å². The van der Waals surface area contributed by atoms with Crippen molar-refractivity contribution in [3.63, 3.8) is 0 Å². The van der Waals surface area contributed by atoms with Crippen LogP contribution < -0.4 is 0 Å². The molecule has 0 aromatic rings. The molecule has 0 nitrogen and oxygen atoms in total. The summed E-state index contributed by atoms with van der Waals surface area (Å²) >= 11 is 22.3. The molecule has 8 heteroatoms. The maximum Gasteiger partial charge on any atom is 0.0717 e. The molecule has 0 aliphatic carbocycles. The van der Waals surface area contributed by atoms with E-state index in [1.807, 2.05) is 35.3 Å². The van der Waals surface area contributed by atoms with Gasteiger partial charge < -0.3 is 0 Å². The molecule has 0 aromatic carbocycles. The SMILES string of the molecule is CSC1=C(S)SC(=C2SC(CS)=C(CS)S2)S1. The number of thiol groups is 3. The highest BCUT2D eigenvalue weighted by Gasteiger charge is 2.27. The molecular weight excluding hydrogens is 365 g/mol. The van der Waals surface area contributed by atoms with Crippen molar-refractivity contribution in [2.24, 2.45) is 0 Å². The molecule has 2 rings (SSSR count). The zero-order valence-corrected chi connectivity index (χ0v) is 15.6. The number of hydrogen-bond acceptors (Lipinski definition) is 8. The lowest BCUT2D eigenvalue weighted by Gasteiger charge is -2.01. The second-order valence-corrected chi connectivity index (χ2v) is 10.2. The first-order valence-corrected chi connectivity index (χ1v) is 10.8. The van der Waals surface area contributed by atoms with Crippen molar-refractivity contribution >= 4 is 96.7 Å². The standard InChI is InChI=1S/C9H10S8/c1-13-7-6(12)16-9(17-7)8-14-4(2-10)5(3-11)15-8/h10-12H,2-3H2,1H3. The van der Waals surface area contributed by atoms with E-state index in [1.54, 1.807) is 23.5 Å². The van der Waals surface area contributed by atoms with E-state index >= 15 is 0 Å². The Balaban J connectivity index is 2.14. The van der Waals surface area contributed by atoms with E-state index in [-0.39, 0.29) is 0 Å². The summed E-state index contributed by atoms with van der Waals surface area (Å²) in [5.74, 6) is 1.60. The van der Waals surface area contributed by atoms with Crippen LogP contribution in [0.15, 0.2) is 26.8 Å². The van der Waals surface area contributed by atoms with Crippen molar-refractivity contribution in [1.29, 1.82) is 0 Å². The molecule has 0 amide bonds. The third-order valence-electron chi connectivity index (χ3n) is 1.93. The first-order valence-electron chi connectivity index (χ1n) is 4.56. The third-order valence-corrected chi connectivity index (χ3v) is 10.6. The molecule has 94 valence electrons. The zero-order valence-electron chi connectivity index (χ0n) is 8.80. The maximum absolute atomic E-state index is 4.51. The summed E-state index contributed by atoms with van der Waals surface area (Å²) in [5, 5.41) is 0. The predicted octanol–water partition coefficient (Wildman–Crippen LogP) is 5.56. The van der Waals surface area contributed by atoms with Crippen molar-refractivity contribution in [1.82, 2.24) is 0 Å². The third kappa shape index (κ3) is 3.56. The quantitative estimate of drug-likeness (QED) is 0.551. The summed E-state index contributed by atoms with van der Waals surface area (Å²) in [6, 6.07) is 0. The van der Waals surface area contributed by atoms with Crippen LogP contribution >= 0.6 is 96.7 Å². The Morgan fingerprint density at radius 1 is 0.941 bits per heavy atom. The van der Waals surface area contributed by atoms with Gasteiger partial charge >= 0.3 is 0 Å². The second kappa shape index (κ2) is 7.15. The van der Waals surface area contributed by atoms with Crippen molar-refractivity contribution in [2.75, 3.05) is 17.8 Å². The van der Waals surface area contributed by atoms with Gasteiger partial charge in [0.15, 0.2) is 0 Å². The lowest BCUT2D eigenvalue weighted by atomic mass is 10.6. The summed E-state index contributed by atoms with van der Waals surface area (Å²) in [5.41, 5.74) is 0. The Labute approximate surface area is 140 Å². The fourth-order valence-electron chi connectivity index (χ4n) is 1.17. The smallest absolute Gasteiger partial charge is 0.0717 e. The van der Waals surface area contributed by atoms with E-state index in [2.05, 4.69) is 44.1 Å². The maximum atomic E-state index is 4.51. The fraction of sp³-hybridized carbons (Fsp3) is 0.333. The summed E-state index contributed by atoms with van der Waals surface area (Å²) < 4.78 is 5.14. The minimum Gasteiger partial charge on any atom is -0.174 e. The van der Waals surface area contributed by atoms with Crippen LogP contribution in [0.5, 0.6) is 0 Å². The average Bonchev–Trinajstić information content (AvgIpc) is 2.91. The van der Waals surface area contributed by atoms with E-state index in [1.165, 1.54) is 22.5 Å². The van der Waals surface area contributed by atoms with Gasteiger partial charge in [-0.1, -0.05) is 47.0 Å². The normalized spacial score (nSPS) is 21.2. The van der Waals surface area contributed by atoms with E-state index in [9.17, 15) is 0 Å². The molecule has 0 aromatic heterocycles. The lowest BCUT2D eigenvalue weighted by molar-refractivity contribution is 1.61. The van der Waals surface area contributed by atoms with Gasteiger partial charge in [0.1, 0.15) is 0 Å². The van der Waals surface area contributed by atoms with Crippen LogP contribution in [0.3, 0.4) is 0 Å². The van der Waals surface area contributed by atoms with Gasteiger partial charge in [0, 0.05) is 21.3 Å². The molecular formula is C9H10S8. The Morgan fingerprint density at radius 2 is 1.47 bits per heavy atom. The van der Waals surface area contributed by atoms with Crippen molar-refractivity contribution in [2.45, 2.75) is 0 Å². The Hall–Kier alpha value is 2.02. The minimum absolute atomic E-state index is 0.802. The number of rotatable bonds is 3. The van der Waals surface area contributed by atoms with Gasteiger partial charge in [0.25, 0.3) is 0 Å². The molecule has 0 atom stereocenters. The minimum atomic E-state index is 0.802. The molecule has 2 aliphatic heterocycles. The van der Waals surface area contributed by atoms with Gasteiger partial charge in [0.2, 0.25) is 0 Å². The number of hydrogen-bond donors (Lipinski definition) is 3. The van der Waals surface area contributed by atoms with Gasteiger partial charge in [-0.2, -0.15) is 25.3 Å². The lowest BCUT2D eigenvalue weighted by Crippen LogP contribution is -1.80. The van der Waals surface area contributed by atoms with Crippen LogP contribution in [0.25, 0.3) is 0 Å². The van der Waals surface area contributed by atoms with Crippen molar-refractivity contribution < 1.29 is 0 Å². The summed E-state index contributed by atoms with van der Waals surface area (Å²) in [6.07, 6.45) is 2.10. The Kier molecular flexibility index (Phi) is 6.48. The Morgan fingerprint density at radius 3 is 1.88 bits per heavy atom. The van der Waals surface area contributed by atoms with Gasteiger partial charge in [-0.05, 0) is 6.26 Å². The van der Waals surface area contributed by atoms with Crippen molar-refractivity contribution in [3.05, 3.63) is 26.8 Å². The molecule has 0 fully saturated rings. The summed E-state index contributed by atoms with van der Waals surface area (Å²) in [6.45, 7) is 0. The molecule has 0 radical (unpaired) electrons. The van der Waals surface area contributed by atoms with Crippen LogP contribution in [-0.4, -0.2) is 17.8 Å². The largest absolute Gasteiger partial charge is 0.174 e. The van der Waals surface area contributed by atoms with Gasteiger partial charge in [-0.3, -0.25) is 0 Å². The summed E-state index contributed by atoms with van der Waals surface area (Å²) in [4.78, 5) is 2.69. The molecule has 2 heterocycles. The van der Waals surface area contributed by atoms with Crippen LogP contribution in [0, 0.1) is 0 Å². The van der Waals surface area contributed by atoms with E-state index < -0.39 is 0 Å². The highest BCUT2D eigenvalue weighted by molar-refractivity contribution is 8.41. The van der Waals surface area contributed by atoms with Crippen LogP contribution in [0.1, 0.15) is 0 Å². The van der Waals surface area contributed by atoms with Gasteiger partial charge in [-0.15, -0.1) is 24.4 Å². The molecule has 0 bridgehead atoms. The van der Waals surface area contributed by atoms with Gasteiger partial charge in [-0.25, -0.2) is 0 Å². The molecule has 0 spiro atoms. The highest BCUT2D eigenvalue weighted by atomic mass is 32.2. The van der Waals surface area contributed by atoms with E-state index in [0.29, 0.717) is 0 Å². The molecule has 0 N–H and O–H groups in total. The highest BCUT2D eigenvalue weighted by Crippen LogP contribution is 2.62. The molecule has 0 saturated heterocycles. The topological polar surface area (TPSA) is 0 Å². The molecule has 0 saturated carbocycles. The van der Waals surface area contributed by atoms with E-state index in [0.717, 1.165) is 15.7 Å². The second-order valence-electron chi connectivity index (χ2n) is 2.94. The van der Waals surface area contributed by atoms with Crippen molar-refractivity contribution in [3.8, 4) is 0 Å². The predicted molar refractivity (Wildman–Crippen MR) is 102 cm³/mol. The Bertz CT molecular complexity index is 401. The zero-order chi connectivity index (χ0) is 12.4. The first-order chi connectivity index (χ1) is 8.19.